The van der Waals surface area contributed by atoms with E-state index < -0.39 is 11.9 Å². The first kappa shape index (κ1) is 18.4. The summed E-state index contributed by atoms with van der Waals surface area (Å²) in [6.07, 6.45) is 3.21. The van der Waals surface area contributed by atoms with Crippen molar-refractivity contribution < 1.29 is 18.7 Å². The molecule has 1 aliphatic heterocycles. The quantitative estimate of drug-likeness (QED) is 0.724. The van der Waals surface area contributed by atoms with Crippen LogP contribution < -0.4 is 15.0 Å². The summed E-state index contributed by atoms with van der Waals surface area (Å²) in [4.78, 5) is 31.6. The second-order valence-corrected chi connectivity index (χ2v) is 7.69. The van der Waals surface area contributed by atoms with E-state index in [4.69, 9.17) is 9.15 Å². The van der Waals surface area contributed by atoms with Gasteiger partial charge in [-0.25, -0.2) is 4.98 Å². The van der Waals surface area contributed by atoms with Crippen molar-refractivity contribution in [2.75, 3.05) is 18.6 Å². The summed E-state index contributed by atoms with van der Waals surface area (Å²) in [5.74, 6) is 0.425. The molecular weight excluding hydrogens is 382 g/mol. The van der Waals surface area contributed by atoms with E-state index in [9.17, 15) is 9.59 Å². The van der Waals surface area contributed by atoms with Gasteiger partial charge in [-0.3, -0.25) is 9.59 Å². The molecule has 0 spiro atoms. The number of oxazole rings is 1. The lowest BCUT2D eigenvalue weighted by molar-refractivity contribution is -0.120. The number of anilines is 1. The summed E-state index contributed by atoms with van der Waals surface area (Å²) in [5, 5.41) is 2.74. The Labute approximate surface area is 173 Å². The minimum atomic E-state index is -0.820. The molecule has 2 heterocycles. The molecular formula is C23H21N3O4. The van der Waals surface area contributed by atoms with Gasteiger partial charge in [-0.2, -0.15) is 0 Å². The van der Waals surface area contributed by atoms with Crippen molar-refractivity contribution in [3.05, 3.63) is 78.0 Å². The summed E-state index contributed by atoms with van der Waals surface area (Å²) in [6.45, 7) is 0.0462. The maximum absolute atomic E-state index is 12.8. The highest BCUT2D eigenvalue weighted by Gasteiger charge is 2.50. The number of nitrogens with zero attached hydrogens (tertiary/aromatic N) is 2. The maximum atomic E-state index is 12.8. The van der Waals surface area contributed by atoms with Crippen LogP contribution in [0.3, 0.4) is 0 Å². The highest BCUT2D eigenvalue weighted by Crippen LogP contribution is 2.52. The molecule has 30 heavy (non-hydrogen) atoms. The second-order valence-electron chi connectivity index (χ2n) is 7.69. The number of hydrogen-bond donors (Lipinski definition) is 1. The van der Waals surface area contributed by atoms with Gasteiger partial charge in [0.1, 0.15) is 24.7 Å². The molecule has 1 aromatic heterocycles. The molecule has 2 aromatic carbocycles. The molecule has 1 aliphatic carbocycles. The van der Waals surface area contributed by atoms with Gasteiger partial charge in [-0.1, -0.05) is 42.5 Å². The van der Waals surface area contributed by atoms with Crippen LogP contribution in [0, 0.1) is 0 Å². The van der Waals surface area contributed by atoms with Gasteiger partial charge in [0, 0.05) is 7.05 Å². The zero-order chi connectivity index (χ0) is 20.7. The number of aromatic nitrogens is 1. The van der Waals surface area contributed by atoms with Gasteiger partial charge in [0.15, 0.2) is 5.69 Å². The third-order valence-electron chi connectivity index (χ3n) is 5.79. The van der Waals surface area contributed by atoms with E-state index in [0.29, 0.717) is 17.3 Å². The van der Waals surface area contributed by atoms with Crippen LogP contribution in [0.4, 0.5) is 5.69 Å². The highest BCUT2D eigenvalue weighted by molar-refractivity contribution is 6.02. The first-order chi connectivity index (χ1) is 14.6. The average Bonchev–Trinajstić information content (AvgIpc) is 3.47. The fourth-order valence-corrected chi connectivity index (χ4v) is 3.89. The van der Waals surface area contributed by atoms with E-state index in [1.807, 2.05) is 42.5 Å². The fraction of sp³-hybridized carbons (Fsp3) is 0.261. The van der Waals surface area contributed by atoms with Gasteiger partial charge >= 0.3 is 0 Å². The maximum Gasteiger partial charge on any atom is 0.273 e. The number of nitrogens with one attached hydrogen (secondary N) is 1. The first-order valence-corrected chi connectivity index (χ1v) is 9.90. The number of para-hydroxylation sites is 2. The first-order valence-electron chi connectivity index (χ1n) is 9.90. The Morgan fingerprint density at radius 2 is 1.87 bits per heavy atom. The molecule has 5 rings (SSSR count). The molecule has 7 heteroatoms. The van der Waals surface area contributed by atoms with E-state index in [1.54, 1.807) is 19.2 Å². The third-order valence-corrected chi connectivity index (χ3v) is 5.79. The summed E-state index contributed by atoms with van der Waals surface area (Å²) in [7, 11) is 1.67. The van der Waals surface area contributed by atoms with Crippen molar-refractivity contribution in [3.8, 4) is 5.75 Å². The molecule has 1 N–H and O–H groups in total. The van der Waals surface area contributed by atoms with Crippen LogP contribution in [0.1, 0.15) is 34.8 Å². The number of rotatable bonds is 4. The summed E-state index contributed by atoms with van der Waals surface area (Å²) in [5.41, 5.74) is 1.69. The van der Waals surface area contributed by atoms with Gasteiger partial charge in [0.05, 0.1) is 11.1 Å². The number of likely N-dealkylation sites (N-methyl/N-ethyl adjacent to an activating group) is 1. The van der Waals surface area contributed by atoms with Crippen molar-refractivity contribution in [2.24, 2.45) is 0 Å². The number of carbonyl (C=O) groups is 2. The van der Waals surface area contributed by atoms with Crippen LogP contribution in [-0.2, 0) is 10.2 Å². The Morgan fingerprint density at radius 1 is 1.13 bits per heavy atom. The van der Waals surface area contributed by atoms with Crippen molar-refractivity contribution in [2.45, 2.75) is 24.3 Å². The lowest BCUT2D eigenvalue weighted by Crippen LogP contribution is -2.49. The van der Waals surface area contributed by atoms with Gasteiger partial charge < -0.3 is 19.4 Å². The standard InChI is InChI=1S/C23H21N3O4/c1-26-18-9-5-6-10-19(18)29-14-17(21(26)28)24-20(27)16-13-30-22(25-16)23(11-12-23)15-7-3-2-4-8-15/h2-10,13,17H,11-12,14H2,1H3,(H,24,27)/t17-/m0/s1. The van der Waals surface area contributed by atoms with Crippen molar-refractivity contribution >= 4 is 17.5 Å². The number of hydrogen-bond acceptors (Lipinski definition) is 5. The molecule has 2 aliphatic rings. The largest absolute Gasteiger partial charge is 0.489 e. The topological polar surface area (TPSA) is 84.7 Å². The Bertz CT molecular complexity index is 1100. The van der Waals surface area contributed by atoms with Crippen LogP contribution in [0.2, 0.25) is 0 Å². The average molecular weight is 403 g/mol. The lowest BCUT2D eigenvalue weighted by atomic mass is 9.96. The van der Waals surface area contributed by atoms with Crippen LogP contribution >= 0.6 is 0 Å². The SMILES string of the molecule is CN1C(=O)[C@@H](NC(=O)c2coc(C3(c4ccccc4)CC3)n2)COc2ccccc21. The molecule has 0 saturated heterocycles. The van der Waals surface area contributed by atoms with Crippen LogP contribution in [0.25, 0.3) is 0 Å². The molecule has 7 nitrogen and oxygen atoms in total. The van der Waals surface area contributed by atoms with Gasteiger partial charge in [0.25, 0.3) is 11.8 Å². The predicted molar refractivity (Wildman–Crippen MR) is 110 cm³/mol. The molecule has 0 radical (unpaired) electrons. The number of carbonyl (C=O) groups excluding carboxylic acids is 2. The Morgan fingerprint density at radius 3 is 2.63 bits per heavy atom. The Balaban J connectivity index is 1.33. The molecule has 0 unspecified atom stereocenters. The van der Waals surface area contributed by atoms with Crippen molar-refractivity contribution in [1.82, 2.24) is 10.3 Å². The number of amides is 2. The number of ether oxygens (including phenoxy) is 1. The van der Waals surface area contributed by atoms with Crippen LogP contribution in [-0.4, -0.2) is 36.5 Å². The van der Waals surface area contributed by atoms with E-state index in [1.165, 1.54) is 11.2 Å². The van der Waals surface area contributed by atoms with Crippen molar-refractivity contribution in [1.29, 1.82) is 0 Å². The third kappa shape index (κ3) is 3.03. The molecule has 1 fully saturated rings. The predicted octanol–water partition coefficient (Wildman–Crippen LogP) is 2.91. The van der Waals surface area contributed by atoms with E-state index in [0.717, 1.165) is 18.4 Å². The van der Waals surface area contributed by atoms with E-state index in [2.05, 4.69) is 10.3 Å². The Kier molecular flexibility index (Phi) is 4.31. The molecule has 1 saturated carbocycles. The van der Waals surface area contributed by atoms with Gasteiger partial charge in [0.2, 0.25) is 5.89 Å². The Hall–Kier alpha value is -3.61. The molecule has 2 amide bonds. The molecule has 1 atom stereocenters. The minimum Gasteiger partial charge on any atom is -0.489 e. The number of benzene rings is 2. The van der Waals surface area contributed by atoms with Crippen LogP contribution in [0.5, 0.6) is 5.75 Å². The van der Waals surface area contributed by atoms with Gasteiger partial charge in [-0.05, 0) is 30.5 Å². The molecule has 0 bridgehead atoms. The normalized spacial score (nSPS) is 19.4. The highest BCUT2D eigenvalue weighted by atomic mass is 16.5. The zero-order valence-corrected chi connectivity index (χ0v) is 16.5. The molecule has 3 aromatic rings. The smallest absolute Gasteiger partial charge is 0.273 e. The minimum absolute atomic E-state index is 0.0462. The van der Waals surface area contributed by atoms with Crippen LogP contribution in [0.15, 0.2) is 65.3 Å². The summed E-state index contributed by atoms with van der Waals surface area (Å²) in [6, 6.07) is 16.5. The summed E-state index contributed by atoms with van der Waals surface area (Å²) >= 11 is 0. The van der Waals surface area contributed by atoms with E-state index in [-0.39, 0.29) is 23.6 Å². The summed E-state index contributed by atoms with van der Waals surface area (Å²) < 4.78 is 11.4. The molecule has 152 valence electrons. The zero-order valence-electron chi connectivity index (χ0n) is 16.5. The second kappa shape index (κ2) is 7.02. The van der Waals surface area contributed by atoms with Gasteiger partial charge in [-0.15, -0.1) is 0 Å². The number of fused-ring (bicyclic) bond motifs is 1. The van der Waals surface area contributed by atoms with Crippen molar-refractivity contribution in [3.63, 3.8) is 0 Å². The van der Waals surface area contributed by atoms with E-state index >= 15 is 0 Å². The monoisotopic (exact) mass is 403 g/mol. The fourth-order valence-electron chi connectivity index (χ4n) is 3.89. The lowest BCUT2D eigenvalue weighted by Gasteiger charge is -2.19.